The predicted molar refractivity (Wildman–Crippen MR) is 62.0 cm³/mol. The normalized spacial score (nSPS) is 13.3. The molecular formula is C7H8N6O4S2. The Labute approximate surface area is 110 Å². The fourth-order valence-electron chi connectivity index (χ4n) is 1.26. The minimum Gasteiger partial charge on any atom is -0.476 e. The molecule has 0 amide bonds. The summed E-state index contributed by atoms with van der Waals surface area (Å²) >= 11 is 0.717. The first-order chi connectivity index (χ1) is 8.92. The number of thiazole rings is 1. The number of aromatic carboxylic acids is 1. The number of carbonyl (C=O) groups is 1. The maximum atomic E-state index is 12.0. The van der Waals surface area contributed by atoms with E-state index in [-0.39, 0.29) is 10.0 Å². The zero-order chi connectivity index (χ0) is 14.0. The molecule has 0 saturated carbocycles. The Balaban J connectivity index is 2.28. The largest absolute Gasteiger partial charge is 0.476 e. The van der Waals surface area contributed by atoms with Crippen LogP contribution in [-0.2, 0) is 10.0 Å². The van der Waals surface area contributed by atoms with E-state index in [0.717, 1.165) is 16.8 Å². The summed E-state index contributed by atoms with van der Waals surface area (Å²) in [6, 6.07) is -0.757. The maximum Gasteiger partial charge on any atom is 0.356 e. The average Bonchev–Trinajstić information content (AvgIpc) is 3.00. The number of sulfonamides is 1. The van der Waals surface area contributed by atoms with Gasteiger partial charge in [0, 0.05) is 0 Å². The monoisotopic (exact) mass is 304 g/mol. The van der Waals surface area contributed by atoms with Crippen LogP contribution in [0.25, 0.3) is 0 Å². The highest BCUT2D eigenvalue weighted by Crippen LogP contribution is 2.21. The number of aromatic nitrogens is 5. The Morgan fingerprint density at radius 3 is 2.89 bits per heavy atom. The van der Waals surface area contributed by atoms with Gasteiger partial charge in [-0.15, -0.1) is 21.5 Å². The number of nitrogens with zero attached hydrogens (tertiary/aromatic N) is 4. The molecule has 0 bridgehead atoms. The van der Waals surface area contributed by atoms with Crippen LogP contribution in [0.15, 0.2) is 9.72 Å². The van der Waals surface area contributed by atoms with E-state index in [4.69, 9.17) is 5.11 Å². The van der Waals surface area contributed by atoms with E-state index in [1.54, 1.807) is 0 Å². The van der Waals surface area contributed by atoms with Gasteiger partial charge in [0.05, 0.1) is 11.6 Å². The second-order valence-corrected chi connectivity index (χ2v) is 6.17. The van der Waals surface area contributed by atoms with Crippen molar-refractivity contribution in [1.29, 1.82) is 0 Å². The third-order valence-electron chi connectivity index (χ3n) is 2.06. The van der Waals surface area contributed by atoms with E-state index in [9.17, 15) is 13.2 Å². The van der Waals surface area contributed by atoms with Gasteiger partial charge in [-0.2, -0.15) is 9.94 Å². The molecule has 0 aliphatic rings. The van der Waals surface area contributed by atoms with Gasteiger partial charge >= 0.3 is 5.97 Å². The van der Waals surface area contributed by atoms with E-state index in [2.05, 4.69) is 30.3 Å². The van der Waals surface area contributed by atoms with Crippen molar-refractivity contribution in [1.82, 2.24) is 30.3 Å². The molecule has 2 aromatic rings. The SMILES string of the molecule is CC(NS(=O)(=O)c1scnc1C(=O)O)c1nn[nH]n1. The number of H-pyrrole nitrogens is 1. The van der Waals surface area contributed by atoms with E-state index < -0.39 is 27.7 Å². The number of carboxylic acids is 1. The van der Waals surface area contributed by atoms with Gasteiger partial charge in [-0.25, -0.2) is 18.2 Å². The van der Waals surface area contributed by atoms with Crippen LogP contribution in [0, 0.1) is 0 Å². The Bertz CT molecular complexity index is 678. The molecule has 10 nitrogen and oxygen atoms in total. The first-order valence-electron chi connectivity index (χ1n) is 4.84. The molecule has 0 fully saturated rings. The summed E-state index contributed by atoms with van der Waals surface area (Å²) in [7, 11) is -4.01. The van der Waals surface area contributed by atoms with Gasteiger partial charge < -0.3 is 5.11 Å². The Hall–Kier alpha value is -1.92. The summed E-state index contributed by atoms with van der Waals surface area (Å²) in [6.07, 6.45) is 0. The lowest BCUT2D eigenvalue weighted by Gasteiger charge is -2.09. The van der Waals surface area contributed by atoms with E-state index in [0.29, 0.717) is 0 Å². The van der Waals surface area contributed by atoms with Gasteiger partial charge in [-0.05, 0) is 6.92 Å². The first kappa shape index (κ1) is 13.5. The smallest absolute Gasteiger partial charge is 0.356 e. The number of tetrazole rings is 1. The van der Waals surface area contributed by atoms with Gasteiger partial charge in [-0.1, -0.05) is 5.21 Å². The van der Waals surface area contributed by atoms with Crippen LogP contribution < -0.4 is 4.72 Å². The van der Waals surface area contributed by atoms with Crippen LogP contribution in [0.3, 0.4) is 0 Å². The van der Waals surface area contributed by atoms with Gasteiger partial charge in [0.15, 0.2) is 15.7 Å². The van der Waals surface area contributed by atoms with Crippen LogP contribution >= 0.6 is 11.3 Å². The van der Waals surface area contributed by atoms with Crippen molar-refractivity contribution in [2.45, 2.75) is 17.2 Å². The lowest BCUT2D eigenvalue weighted by Crippen LogP contribution is -2.28. The molecule has 0 aromatic carbocycles. The lowest BCUT2D eigenvalue weighted by atomic mass is 10.4. The van der Waals surface area contributed by atoms with E-state index in [1.165, 1.54) is 6.92 Å². The third kappa shape index (κ3) is 2.74. The quantitative estimate of drug-likeness (QED) is 0.662. The molecule has 0 saturated heterocycles. The molecule has 0 aliphatic carbocycles. The molecule has 12 heteroatoms. The van der Waals surface area contributed by atoms with Gasteiger partial charge in [0.1, 0.15) is 0 Å². The maximum absolute atomic E-state index is 12.0. The molecule has 2 aromatic heterocycles. The summed E-state index contributed by atoms with van der Waals surface area (Å²) in [4.78, 5) is 14.4. The van der Waals surface area contributed by atoms with E-state index >= 15 is 0 Å². The van der Waals surface area contributed by atoms with Gasteiger partial charge in [-0.3, -0.25) is 0 Å². The van der Waals surface area contributed by atoms with E-state index in [1.807, 2.05) is 0 Å². The Morgan fingerprint density at radius 1 is 1.58 bits per heavy atom. The summed E-state index contributed by atoms with van der Waals surface area (Å²) in [6.45, 7) is 1.50. The fourth-order valence-corrected chi connectivity index (χ4v) is 3.62. The van der Waals surface area contributed by atoms with Crippen molar-refractivity contribution in [2.75, 3.05) is 0 Å². The van der Waals surface area contributed by atoms with Crippen LogP contribution in [0.2, 0.25) is 0 Å². The summed E-state index contributed by atoms with van der Waals surface area (Å²) in [5.74, 6) is -1.26. The predicted octanol–water partition coefficient (Wildman–Crippen LogP) is -0.606. The number of carboxylic acid groups (broad SMARTS) is 1. The average molecular weight is 304 g/mol. The second-order valence-electron chi connectivity index (χ2n) is 3.41. The molecule has 0 radical (unpaired) electrons. The summed E-state index contributed by atoms with van der Waals surface area (Å²) < 4.78 is 26.0. The van der Waals surface area contributed by atoms with Crippen molar-refractivity contribution in [3.05, 3.63) is 17.0 Å². The molecule has 2 heterocycles. The van der Waals surface area contributed by atoms with Crippen molar-refractivity contribution in [3.8, 4) is 0 Å². The molecule has 19 heavy (non-hydrogen) atoms. The summed E-state index contributed by atoms with van der Waals surface area (Å²) in [5.41, 5.74) is 0.634. The van der Waals surface area contributed by atoms with Crippen LogP contribution in [0.5, 0.6) is 0 Å². The van der Waals surface area contributed by atoms with Crippen molar-refractivity contribution >= 4 is 27.3 Å². The molecule has 0 aliphatic heterocycles. The highest BCUT2D eigenvalue weighted by Gasteiger charge is 2.28. The lowest BCUT2D eigenvalue weighted by molar-refractivity contribution is 0.0687. The number of rotatable bonds is 5. The molecule has 3 N–H and O–H groups in total. The second kappa shape index (κ2) is 4.99. The standard InChI is InChI=1S/C7H8N6O4S2/c1-3(5-9-12-13-10-5)11-19(16,17)7-4(6(14)15)8-2-18-7/h2-3,11H,1H3,(H,14,15)(H,9,10,12,13). The molecule has 1 atom stereocenters. The number of aromatic amines is 1. The number of nitrogens with one attached hydrogen (secondary N) is 2. The van der Waals surface area contributed by atoms with Crippen LogP contribution in [-0.4, -0.2) is 45.1 Å². The minimum absolute atomic E-state index is 0.143. The molecule has 102 valence electrons. The third-order valence-corrected chi connectivity index (χ3v) is 4.97. The van der Waals surface area contributed by atoms with Crippen LogP contribution in [0.1, 0.15) is 29.3 Å². The van der Waals surface area contributed by atoms with Crippen molar-refractivity contribution in [3.63, 3.8) is 0 Å². The number of hydrogen-bond acceptors (Lipinski definition) is 8. The molecule has 1 unspecified atom stereocenters. The fraction of sp³-hybridized carbons (Fsp3) is 0.286. The van der Waals surface area contributed by atoms with Crippen LogP contribution in [0.4, 0.5) is 0 Å². The highest BCUT2D eigenvalue weighted by molar-refractivity contribution is 7.91. The topological polar surface area (TPSA) is 151 Å². The Morgan fingerprint density at radius 2 is 2.32 bits per heavy atom. The zero-order valence-electron chi connectivity index (χ0n) is 9.43. The van der Waals surface area contributed by atoms with Crippen molar-refractivity contribution < 1.29 is 18.3 Å². The number of hydrogen-bond donors (Lipinski definition) is 3. The molecule has 0 spiro atoms. The Kier molecular flexibility index (Phi) is 3.55. The summed E-state index contributed by atoms with van der Waals surface area (Å²) in [5, 5.41) is 21.6. The van der Waals surface area contributed by atoms with Gasteiger partial charge in [0.2, 0.25) is 0 Å². The first-order valence-corrected chi connectivity index (χ1v) is 7.20. The zero-order valence-corrected chi connectivity index (χ0v) is 11.1. The highest BCUT2D eigenvalue weighted by atomic mass is 32.2. The minimum atomic E-state index is -4.01. The molecular weight excluding hydrogens is 296 g/mol. The van der Waals surface area contributed by atoms with Crippen molar-refractivity contribution in [2.24, 2.45) is 0 Å². The van der Waals surface area contributed by atoms with Gasteiger partial charge in [0.25, 0.3) is 10.0 Å². The molecule has 2 rings (SSSR count).